The quantitative estimate of drug-likeness (QED) is 0.706. The molecule has 1 aromatic rings. The molecule has 0 saturated carbocycles. The van der Waals surface area contributed by atoms with Gasteiger partial charge in [0.2, 0.25) is 0 Å². The van der Waals surface area contributed by atoms with Crippen LogP contribution in [-0.2, 0) is 12.6 Å². The Morgan fingerprint density at radius 1 is 1.27 bits per heavy atom. The van der Waals surface area contributed by atoms with Gasteiger partial charge in [-0.15, -0.1) is 0 Å². The topological polar surface area (TPSA) is 0 Å². The van der Waals surface area contributed by atoms with Crippen molar-refractivity contribution in [3.63, 3.8) is 0 Å². The van der Waals surface area contributed by atoms with E-state index in [1.807, 2.05) is 13.8 Å². The summed E-state index contributed by atoms with van der Waals surface area (Å²) in [5.74, 6) is 0.171. The van der Waals surface area contributed by atoms with Gasteiger partial charge in [0.25, 0.3) is 0 Å². The van der Waals surface area contributed by atoms with Crippen LogP contribution >= 0.6 is 11.6 Å². The Morgan fingerprint density at radius 3 is 2.33 bits per heavy atom. The fourth-order valence-corrected chi connectivity index (χ4v) is 1.64. The van der Waals surface area contributed by atoms with Crippen molar-refractivity contribution in [3.05, 3.63) is 34.3 Å². The molecule has 0 aliphatic carbocycles. The number of halogens is 4. The first-order valence-electron chi connectivity index (χ1n) is 4.66. The molecule has 0 fully saturated rings. The summed E-state index contributed by atoms with van der Waals surface area (Å²) >= 11 is 5.68. The van der Waals surface area contributed by atoms with Crippen LogP contribution in [-0.4, -0.2) is 0 Å². The molecule has 1 aromatic carbocycles. The van der Waals surface area contributed by atoms with Gasteiger partial charge in [0.05, 0.1) is 5.56 Å². The van der Waals surface area contributed by atoms with Gasteiger partial charge >= 0.3 is 6.18 Å². The molecule has 0 amide bonds. The minimum absolute atomic E-state index is 0.171. The number of benzene rings is 1. The number of rotatable bonds is 2. The maximum atomic E-state index is 12.6. The molecule has 15 heavy (non-hydrogen) atoms. The summed E-state index contributed by atoms with van der Waals surface area (Å²) in [6.07, 6.45) is -3.91. The third-order valence-corrected chi connectivity index (χ3v) is 2.24. The third kappa shape index (κ3) is 3.42. The SMILES string of the molecule is CC(C)Cc1cc(Cl)ccc1C(F)(F)F. The lowest BCUT2D eigenvalue weighted by Crippen LogP contribution is -2.10. The van der Waals surface area contributed by atoms with E-state index in [0.717, 1.165) is 6.07 Å². The van der Waals surface area contributed by atoms with Crippen molar-refractivity contribution in [1.29, 1.82) is 0 Å². The van der Waals surface area contributed by atoms with Gasteiger partial charge in [-0.3, -0.25) is 0 Å². The zero-order chi connectivity index (χ0) is 11.6. The van der Waals surface area contributed by atoms with E-state index >= 15 is 0 Å². The average molecular weight is 237 g/mol. The normalized spacial score (nSPS) is 12.2. The molecule has 0 spiro atoms. The fraction of sp³-hybridized carbons (Fsp3) is 0.455. The Kier molecular flexibility index (Phi) is 3.66. The zero-order valence-electron chi connectivity index (χ0n) is 8.53. The van der Waals surface area contributed by atoms with Crippen molar-refractivity contribution in [2.24, 2.45) is 5.92 Å². The molecule has 84 valence electrons. The molecule has 0 aromatic heterocycles. The van der Waals surface area contributed by atoms with Crippen LogP contribution in [0.25, 0.3) is 0 Å². The molecule has 0 aliphatic heterocycles. The molecule has 0 atom stereocenters. The Hall–Kier alpha value is -0.700. The van der Waals surface area contributed by atoms with Crippen LogP contribution < -0.4 is 0 Å². The summed E-state index contributed by atoms with van der Waals surface area (Å²) < 4.78 is 37.8. The van der Waals surface area contributed by atoms with Crippen LogP contribution in [0.3, 0.4) is 0 Å². The van der Waals surface area contributed by atoms with E-state index in [1.54, 1.807) is 0 Å². The largest absolute Gasteiger partial charge is 0.416 e. The zero-order valence-corrected chi connectivity index (χ0v) is 9.28. The lowest BCUT2D eigenvalue weighted by molar-refractivity contribution is -0.138. The molecule has 4 heteroatoms. The minimum atomic E-state index is -4.30. The van der Waals surface area contributed by atoms with Gasteiger partial charge in [0.1, 0.15) is 0 Å². The highest BCUT2D eigenvalue weighted by Gasteiger charge is 2.33. The molecular weight excluding hydrogens is 225 g/mol. The second-order valence-electron chi connectivity index (χ2n) is 3.90. The van der Waals surface area contributed by atoms with Gasteiger partial charge in [0, 0.05) is 5.02 Å². The van der Waals surface area contributed by atoms with Crippen LogP contribution in [0.15, 0.2) is 18.2 Å². The van der Waals surface area contributed by atoms with E-state index in [1.165, 1.54) is 12.1 Å². The lowest BCUT2D eigenvalue weighted by atomic mass is 9.98. The van der Waals surface area contributed by atoms with Crippen molar-refractivity contribution in [3.8, 4) is 0 Å². The monoisotopic (exact) mass is 236 g/mol. The Bertz CT molecular complexity index is 342. The van der Waals surface area contributed by atoms with Crippen LogP contribution in [0.1, 0.15) is 25.0 Å². The smallest absolute Gasteiger partial charge is 0.166 e. The van der Waals surface area contributed by atoms with Crippen LogP contribution in [0.2, 0.25) is 5.02 Å². The number of hydrogen-bond donors (Lipinski definition) is 0. The predicted octanol–water partition coefficient (Wildman–Crippen LogP) is 4.56. The molecule has 0 unspecified atom stereocenters. The molecule has 0 aliphatic rings. The lowest BCUT2D eigenvalue weighted by Gasteiger charge is -2.14. The van der Waals surface area contributed by atoms with Crippen molar-refractivity contribution < 1.29 is 13.2 Å². The van der Waals surface area contributed by atoms with Gasteiger partial charge in [-0.25, -0.2) is 0 Å². The average Bonchev–Trinajstić information content (AvgIpc) is 1.99. The van der Waals surface area contributed by atoms with Crippen molar-refractivity contribution in [1.82, 2.24) is 0 Å². The molecule has 0 heterocycles. The van der Waals surface area contributed by atoms with Gasteiger partial charge in [-0.05, 0) is 36.1 Å². The first-order valence-corrected chi connectivity index (χ1v) is 5.04. The summed E-state index contributed by atoms with van der Waals surface area (Å²) in [6, 6.07) is 3.71. The molecule has 0 N–H and O–H groups in total. The van der Waals surface area contributed by atoms with Crippen LogP contribution in [0.5, 0.6) is 0 Å². The van der Waals surface area contributed by atoms with Crippen molar-refractivity contribution in [2.45, 2.75) is 26.4 Å². The Labute approximate surface area is 92.1 Å². The predicted molar refractivity (Wildman–Crippen MR) is 55.0 cm³/mol. The summed E-state index contributed by atoms with van der Waals surface area (Å²) in [6.45, 7) is 3.75. The first kappa shape index (κ1) is 12.4. The molecular formula is C11H12ClF3. The van der Waals surface area contributed by atoms with E-state index in [0.29, 0.717) is 11.4 Å². The van der Waals surface area contributed by atoms with Gasteiger partial charge in [-0.2, -0.15) is 13.2 Å². The summed E-state index contributed by atoms with van der Waals surface area (Å²) in [4.78, 5) is 0. The fourth-order valence-electron chi connectivity index (χ4n) is 1.45. The third-order valence-electron chi connectivity index (χ3n) is 2.00. The van der Waals surface area contributed by atoms with Crippen LogP contribution in [0.4, 0.5) is 13.2 Å². The van der Waals surface area contributed by atoms with E-state index in [9.17, 15) is 13.2 Å². The Balaban J connectivity index is 3.15. The highest BCUT2D eigenvalue weighted by atomic mass is 35.5. The van der Waals surface area contributed by atoms with Gasteiger partial charge in [0.15, 0.2) is 0 Å². The molecule has 1 rings (SSSR count). The summed E-state index contributed by atoms with van der Waals surface area (Å²) in [5, 5.41) is 0.346. The standard InChI is InChI=1S/C11H12ClF3/c1-7(2)5-8-6-9(12)3-4-10(8)11(13,14)15/h3-4,6-7H,5H2,1-2H3. The molecule has 0 nitrogen and oxygen atoms in total. The van der Waals surface area contributed by atoms with Crippen molar-refractivity contribution >= 4 is 11.6 Å². The van der Waals surface area contributed by atoms with Crippen LogP contribution in [0, 0.1) is 5.92 Å². The highest BCUT2D eigenvalue weighted by molar-refractivity contribution is 6.30. The van der Waals surface area contributed by atoms with E-state index in [4.69, 9.17) is 11.6 Å². The van der Waals surface area contributed by atoms with Gasteiger partial charge < -0.3 is 0 Å². The van der Waals surface area contributed by atoms with E-state index in [2.05, 4.69) is 0 Å². The summed E-state index contributed by atoms with van der Waals surface area (Å²) in [5.41, 5.74) is -0.314. The molecule has 0 saturated heterocycles. The second kappa shape index (κ2) is 4.44. The van der Waals surface area contributed by atoms with E-state index in [-0.39, 0.29) is 11.5 Å². The second-order valence-corrected chi connectivity index (χ2v) is 4.33. The van der Waals surface area contributed by atoms with E-state index < -0.39 is 11.7 Å². The minimum Gasteiger partial charge on any atom is -0.166 e. The van der Waals surface area contributed by atoms with Crippen molar-refractivity contribution in [2.75, 3.05) is 0 Å². The maximum Gasteiger partial charge on any atom is 0.416 e. The molecule has 0 radical (unpaired) electrons. The Morgan fingerprint density at radius 2 is 1.87 bits per heavy atom. The highest BCUT2D eigenvalue weighted by Crippen LogP contribution is 2.34. The molecule has 0 bridgehead atoms. The number of hydrogen-bond acceptors (Lipinski definition) is 0. The number of alkyl halides is 3. The van der Waals surface area contributed by atoms with Gasteiger partial charge in [-0.1, -0.05) is 25.4 Å². The first-order chi connectivity index (χ1) is 6.80. The maximum absolute atomic E-state index is 12.6. The summed E-state index contributed by atoms with van der Waals surface area (Å²) in [7, 11) is 0.